The Hall–Kier alpha value is -0.670. The fraction of sp³-hybridized carbons (Fsp3) is 0.500. The Balaban J connectivity index is 1.91. The number of hydrogen-bond donors (Lipinski definition) is 1. The summed E-state index contributed by atoms with van der Waals surface area (Å²) in [4.78, 5) is 0.949. The third-order valence-electron chi connectivity index (χ3n) is 2.77. The monoisotopic (exact) mass is 223 g/mol. The Bertz CT molecular complexity index is 320. The minimum Gasteiger partial charge on any atom is -0.313 e. The highest BCUT2D eigenvalue weighted by Crippen LogP contribution is 2.12. The van der Waals surface area contributed by atoms with Gasteiger partial charge in [0, 0.05) is 16.7 Å². The van der Waals surface area contributed by atoms with E-state index in [1.807, 2.05) is 30.3 Å². The predicted molar refractivity (Wildman–Crippen MR) is 63.4 cm³/mol. The summed E-state index contributed by atoms with van der Waals surface area (Å²) < 4.78 is 12.0. The van der Waals surface area contributed by atoms with Crippen molar-refractivity contribution in [3.8, 4) is 0 Å². The van der Waals surface area contributed by atoms with Gasteiger partial charge < -0.3 is 5.32 Å². The number of nitrogens with one attached hydrogen (secondary N) is 1. The Labute approximate surface area is 93.5 Å². The zero-order chi connectivity index (χ0) is 10.5. The van der Waals surface area contributed by atoms with Crippen molar-refractivity contribution in [2.75, 3.05) is 12.3 Å². The van der Waals surface area contributed by atoms with Crippen molar-refractivity contribution in [3.63, 3.8) is 0 Å². The zero-order valence-corrected chi connectivity index (χ0v) is 9.63. The molecule has 1 aromatic rings. The van der Waals surface area contributed by atoms with Gasteiger partial charge in [0.05, 0.1) is 10.8 Å². The molecule has 82 valence electrons. The van der Waals surface area contributed by atoms with Crippen LogP contribution in [0.1, 0.15) is 19.3 Å². The molecule has 0 amide bonds. The van der Waals surface area contributed by atoms with E-state index in [-0.39, 0.29) is 0 Å². The lowest BCUT2D eigenvalue weighted by molar-refractivity contribution is 0.427. The van der Waals surface area contributed by atoms with E-state index in [0.717, 1.165) is 17.2 Å². The topological polar surface area (TPSA) is 29.1 Å². The summed E-state index contributed by atoms with van der Waals surface area (Å²) in [6.45, 7) is 1.08. The van der Waals surface area contributed by atoms with Gasteiger partial charge in [-0.05, 0) is 31.5 Å². The number of piperidine rings is 1. The van der Waals surface area contributed by atoms with Gasteiger partial charge in [0.2, 0.25) is 0 Å². The van der Waals surface area contributed by atoms with Gasteiger partial charge in [-0.2, -0.15) is 0 Å². The minimum absolute atomic E-state index is 0.444. The van der Waals surface area contributed by atoms with E-state index in [0.29, 0.717) is 6.04 Å². The third kappa shape index (κ3) is 3.14. The van der Waals surface area contributed by atoms with Crippen molar-refractivity contribution in [2.24, 2.45) is 0 Å². The van der Waals surface area contributed by atoms with Crippen LogP contribution in [-0.2, 0) is 10.8 Å². The summed E-state index contributed by atoms with van der Waals surface area (Å²) >= 11 is 0. The van der Waals surface area contributed by atoms with E-state index in [4.69, 9.17) is 0 Å². The highest BCUT2D eigenvalue weighted by molar-refractivity contribution is 7.85. The molecule has 0 bridgehead atoms. The highest BCUT2D eigenvalue weighted by atomic mass is 32.2. The van der Waals surface area contributed by atoms with Gasteiger partial charge in [0.1, 0.15) is 0 Å². The second-order valence-electron chi connectivity index (χ2n) is 3.97. The van der Waals surface area contributed by atoms with Crippen LogP contribution < -0.4 is 5.32 Å². The van der Waals surface area contributed by atoms with Gasteiger partial charge in [-0.15, -0.1) is 0 Å². The molecule has 2 atom stereocenters. The molecule has 1 saturated heterocycles. The first-order valence-electron chi connectivity index (χ1n) is 5.53. The maximum Gasteiger partial charge on any atom is 0.0545 e. The van der Waals surface area contributed by atoms with Gasteiger partial charge >= 0.3 is 0 Å². The summed E-state index contributed by atoms with van der Waals surface area (Å²) in [5, 5.41) is 3.43. The lowest BCUT2D eigenvalue weighted by Crippen LogP contribution is -2.38. The molecule has 1 aliphatic rings. The molecule has 0 radical (unpaired) electrons. The van der Waals surface area contributed by atoms with Crippen molar-refractivity contribution in [1.29, 1.82) is 0 Å². The predicted octanol–water partition coefficient (Wildman–Crippen LogP) is 1.94. The molecule has 0 aliphatic carbocycles. The van der Waals surface area contributed by atoms with Crippen LogP contribution in [0.25, 0.3) is 0 Å². The van der Waals surface area contributed by atoms with Crippen LogP contribution in [0.4, 0.5) is 0 Å². The van der Waals surface area contributed by atoms with Crippen LogP contribution in [0.2, 0.25) is 0 Å². The molecule has 15 heavy (non-hydrogen) atoms. The first-order valence-corrected chi connectivity index (χ1v) is 6.85. The summed E-state index contributed by atoms with van der Waals surface area (Å²) in [6, 6.07) is 10.2. The molecule has 1 N–H and O–H groups in total. The highest BCUT2D eigenvalue weighted by Gasteiger charge is 2.15. The summed E-state index contributed by atoms with van der Waals surface area (Å²) in [5.74, 6) is 0.754. The SMILES string of the molecule is O=S(CC1CCCCN1)c1ccccc1. The van der Waals surface area contributed by atoms with Crippen molar-refractivity contribution in [3.05, 3.63) is 30.3 Å². The average Bonchev–Trinajstić information content (AvgIpc) is 2.31. The van der Waals surface area contributed by atoms with Gasteiger partial charge in [-0.25, -0.2) is 0 Å². The van der Waals surface area contributed by atoms with Crippen molar-refractivity contribution < 1.29 is 4.21 Å². The van der Waals surface area contributed by atoms with Crippen LogP contribution in [-0.4, -0.2) is 22.5 Å². The molecule has 1 aromatic carbocycles. The lowest BCUT2D eigenvalue weighted by Gasteiger charge is -2.22. The standard InChI is InChI=1S/C12H17NOS/c14-15(12-7-2-1-3-8-12)10-11-6-4-5-9-13-11/h1-3,7-8,11,13H,4-6,9-10H2. The number of benzene rings is 1. The van der Waals surface area contributed by atoms with Crippen LogP contribution in [0.15, 0.2) is 35.2 Å². The largest absolute Gasteiger partial charge is 0.313 e. The van der Waals surface area contributed by atoms with Gasteiger partial charge in [0.25, 0.3) is 0 Å². The first kappa shape index (κ1) is 10.8. The third-order valence-corrected chi connectivity index (χ3v) is 4.27. The van der Waals surface area contributed by atoms with Gasteiger partial charge in [0.15, 0.2) is 0 Å². The molecule has 0 saturated carbocycles. The normalized spacial score (nSPS) is 23.6. The maximum absolute atomic E-state index is 12.0. The zero-order valence-electron chi connectivity index (χ0n) is 8.82. The van der Waals surface area contributed by atoms with Crippen LogP contribution >= 0.6 is 0 Å². The molecule has 3 heteroatoms. The average molecular weight is 223 g/mol. The number of rotatable bonds is 3. The molecule has 2 nitrogen and oxygen atoms in total. The molecule has 0 aromatic heterocycles. The molecule has 1 aliphatic heterocycles. The fourth-order valence-corrected chi connectivity index (χ4v) is 3.22. The Morgan fingerprint density at radius 2 is 2.07 bits per heavy atom. The lowest BCUT2D eigenvalue weighted by atomic mass is 10.1. The first-order chi connectivity index (χ1) is 7.36. The van der Waals surface area contributed by atoms with Crippen molar-refractivity contribution >= 4 is 10.8 Å². The molecular formula is C12H17NOS. The van der Waals surface area contributed by atoms with Crippen LogP contribution in [0.3, 0.4) is 0 Å². The van der Waals surface area contributed by atoms with Crippen molar-refractivity contribution in [2.45, 2.75) is 30.2 Å². The Morgan fingerprint density at radius 3 is 2.73 bits per heavy atom. The van der Waals surface area contributed by atoms with Crippen molar-refractivity contribution in [1.82, 2.24) is 5.32 Å². The van der Waals surface area contributed by atoms with Crippen LogP contribution in [0.5, 0.6) is 0 Å². The van der Waals surface area contributed by atoms with E-state index >= 15 is 0 Å². The van der Waals surface area contributed by atoms with E-state index in [2.05, 4.69) is 5.32 Å². The summed E-state index contributed by atoms with van der Waals surface area (Å²) in [6.07, 6.45) is 3.69. The molecular weight excluding hydrogens is 206 g/mol. The second kappa shape index (κ2) is 5.42. The Morgan fingerprint density at radius 1 is 1.27 bits per heavy atom. The quantitative estimate of drug-likeness (QED) is 0.848. The molecule has 0 spiro atoms. The van der Waals surface area contributed by atoms with E-state index < -0.39 is 10.8 Å². The fourth-order valence-electron chi connectivity index (χ4n) is 1.92. The summed E-state index contributed by atoms with van der Waals surface area (Å²) in [5.41, 5.74) is 0. The van der Waals surface area contributed by atoms with Crippen LogP contribution in [0, 0.1) is 0 Å². The second-order valence-corrected chi connectivity index (χ2v) is 5.47. The van der Waals surface area contributed by atoms with E-state index in [1.165, 1.54) is 19.3 Å². The summed E-state index contributed by atoms with van der Waals surface area (Å²) in [7, 11) is -0.843. The molecule has 2 unspecified atom stereocenters. The molecule has 2 rings (SSSR count). The molecule has 1 heterocycles. The Kier molecular flexibility index (Phi) is 3.92. The minimum atomic E-state index is -0.843. The number of hydrogen-bond acceptors (Lipinski definition) is 2. The van der Waals surface area contributed by atoms with E-state index in [1.54, 1.807) is 0 Å². The molecule has 1 fully saturated rings. The van der Waals surface area contributed by atoms with Gasteiger partial charge in [-0.1, -0.05) is 24.6 Å². The van der Waals surface area contributed by atoms with Gasteiger partial charge in [-0.3, -0.25) is 4.21 Å². The smallest absolute Gasteiger partial charge is 0.0545 e. The van der Waals surface area contributed by atoms with E-state index in [9.17, 15) is 4.21 Å². The maximum atomic E-state index is 12.0.